The van der Waals surface area contributed by atoms with Crippen LogP contribution in [0.3, 0.4) is 0 Å². The number of nitrogens with one attached hydrogen (secondary N) is 3. The van der Waals surface area contributed by atoms with Crippen molar-refractivity contribution in [2.45, 2.75) is 107 Å². The fraction of sp³-hybridized carbons (Fsp3) is 0.314. The van der Waals surface area contributed by atoms with Gasteiger partial charge in [-0.2, -0.15) is 13.2 Å². The molecule has 0 spiro atoms. The van der Waals surface area contributed by atoms with Gasteiger partial charge in [0.05, 0.1) is 45.9 Å². The number of fused-ring (bicyclic) bond motifs is 3. The summed E-state index contributed by atoms with van der Waals surface area (Å²) in [5.41, 5.74) is 27.5. The first kappa shape index (κ1) is 81.3. The van der Waals surface area contributed by atoms with Crippen LogP contribution >= 0.6 is 0 Å². The van der Waals surface area contributed by atoms with Gasteiger partial charge in [0.2, 0.25) is 6.29 Å². The highest BCUT2D eigenvalue weighted by atomic mass is 19.4. The highest BCUT2D eigenvalue weighted by Crippen LogP contribution is 2.30. The van der Waals surface area contributed by atoms with Crippen molar-refractivity contribution in [2.24, 2.45) is 5.73 Å². The van der Waals surface area contributed by atoms with E-state index >= 15 is 0 Å². The standard InChI is InChI=1S/C23H24FN5O3.C18H16FN5O.C15H10FN3O2.C8H16N2O2.C2HF3O.4CH4/c1-23(2,3)32-22(31)29-11-15(12-29)27-21(30)17-10-26-20(25)19-16(17)7-8-18(28-19)13-5-4-6-14(24)9-13;19-11-3-1-2-10(6-11)15-5-4-13-14(9-22-17(20)16(13)24-15)18(25)23-12-7-21-8-12;16-9-3-1-2-8(6-9)12-5-4-10-11(15(20)21)7-18-14(17)13(10)19-12;1-8(2,3)12-7(11)10-4-6(9)5-10;3-2(4,5)1-6;;;;/h4-10,15H,11-12H2,1-3H3,(H2,25,26)(H,27,30);1-6,9,12,21H,7-8H2,(H2,20,22)(H,23,25);1-7H,(H2,17,18)(H,20,21);6H,4-5,9H2,1-3H3;1H;4*1H4. The van der Waals surface area contributed by atoms with Gasteiger partial charge < -0.3 is 63.3 Å². The number of halogens is 6. The molecule has 534 valence electrons. The quantitative estimate of drug-likeness (QED) is 0.0517. The number of likely N-dealkylation sites (tertiary alicyclic amines) is 2. The number of nitrogens with two attached hydrogens (primary N) is 4. The van der Waals surface area contributed by atoms with E-state index in [4.69, 9.17) is 42.3 Å². The predicted molar refractivity (Wildman–Crippen MR) is 373 cm³/mol. The lowest BCUT2D eigenvalue weighted by Crippen LogP contribution is -2.61. The summed E-state index contributed by atoms with van der Waals surface area (Å²) in [6, 6.07) is 28.4. The molecule has 3 aliphatic rings. The van der Waals surface area contributed by atoms with Gasteiger partial charge in [0.25, 0.3) is 11.8 Å². The number of carboxylic acid groups (broad SMARTS) is 1. The number of alkyl halides is 3. The lowest BCUT2D eigenvalue weighted by atomic mass is 10.1. The van der Waals surface area contributed by atoms with Gasteiger partial charge in [0, 0.05) is 96.7 Å². The molecule has 3 aliphatic heterocycles. The van der Waals surface area contributed by atoms with E-state index in [0.29, 0.717) is 98.3 Å². The zero-order valence-corrected chi connectivity index (χ0v) is 52.5. The minimum atomic E-state index is -4.64. The Morgan fingerprint density at radius 3 is 1.14 bits per heavy atom. The summed E-state index contributed by atoms with van der Waals surface area (Å²) in [7, 11) is 0. The molecule has 3 saturated heterocycles. The van der Waals surface area contributed by atoms with Gasteiger partial charge in [0.15, 0.2) is 0 Å². The monoisotopic (exact) mass is 1390 g/mol. The molecule has 0 unspecified atom stereocenters. The van der Waals surface area contributed by atoms with Crippen LogP contribution in [0, 0.1) is 17.5 Å². The smallest absolute Gasteiger partial charge is 0.446 e. The van der Waals surface area contributed by atoms with Crippen LogP contribution < -0.4 is 38.9 Å². The number of pyridine rings is 6. The van der Waals surface area contributed by atoms with E-state index in [0.717, 1.165) is 13.1 Å². The highest BCUT2D eigenvalue weighted by molar-refractivity contribution is 6.10. The summed E-state index contributed by atoms with van der Waals surface area (Å²) in [6.45, 7) is 14.4. The number of hydrogen-bond donors (Lipinski definition) is 8. The molecule has 6 aromatic heterocycles. The van der Waals surface area contributed by atoms with Crippen LogP contribution in [0.15, 0.2) is 128 Å². The van der Waals surface area contributed by atoms with Crippen LogP contribution in [0.25, 0.3) is 66.5 Å². The molecule has 12 N–H and O–H groups in total. The Morgan fingerprint density at radius 2 is 0.850 bits per heavy atom. The van der Waals surface area contributed by atoms with Crippen LogP contribution in [0.5, 0.6) is 0 Å². The molecule has 100 heavy (non-hydrogen) atoms. The van der Waals surface area contributed by atoms with Gasteiger partial charge in [-0.05, 0) is 114 Å². The Bertz CT molecular complexity index is 4390. The number of rotatable bonds is 8. The fourth-order valence-corrected chi connectivity index (χ4v) is 9.32. The van der Waals surface area contributed by atoms with Crippen LogP contribution in [-0.2, 0) is 14.3 Å². The number of aldehydes is 1. The first-order valence-electron chi connectivity index (χ1n) is 29.5. The van der Waals surface area contributed by atoms with Crippen LogP contribution in [0.4, 0.5) is 53.4 Å². The van der Waals surface area contributed by atoms with Crippen LogP contribution in [0.2, 0.25) is 0 Å². The molecule has 3 aromatic carbocycles. The molecule has 12 rings (SSSR count). The largest absolute Gasteiger partial charge is 0.478 e. The number of nitrogen functional groups attached to an aromatic ring is 3. The maximum absolute atomic E-state index is 13.6. The van der Waals surface area contributed by atoms with Crippen molar-refractivity contribution in [2.75, 3.05) is 56.5 Å². The van der Waals surface area contributed by atoms with E-state index in [9.17, 15) is 50.3 Å². The van der Waals surface area contributed by atoms with Crippen LogP contribution in [0.1, 0.15) is 102 Å². The van der Waals surface area contributed by atoms with E-state index in [2.05, 4.69) is 45.9 Å². The van der Waals surface area contributed by atoms with Crippen molar-refractivity contribution in [3.63, 3.8) is 0 Å². The molecule has 0 aliphatic carbocycles. The Morgan fingerprint density at radius 1 is 0.530 bits per heavy atom. The predicted octanol–water partition coefficient (Wildman–Crippen LogP) is 11.7. The maximum atomic E-state index is 13.6. The first-order valence-corrected chi connectivity index (χ1v) is 29.5. The van der Waals surface area contributed by atoms with E-state index < -0.39 is 35.7 Å². The first-order chi connectivity index (χ1) is 45.2. The second-order valence-corrected chi connectivity index (χ2v) is 24.0. The number of carboxylic acids is 1. The molecule has 24 nitrogen and oxygen atoms in total. The third-order valence-electron chi connectivity index (χ3n) is 14.0. The molecule has 0 bridgehead atoms. The number of ether oxygens (including phenoxy) is 2. The van der Waals surface area contributed by atoms with Crippen molar-refractivity contribution >= 4 is 86.4 Å². The van der Waals surface area contributed by atoms with Crippen molar-refractivity contribution < 1.29 is 69.7 Å². The molecule has 30 heteroatoms. The minimum absolute atomic E-state index is 0. The summed E-state index contributed by atoms with van der Waals surface area (Å²) < 4.78 is 82.0. The SMILES string of the molecule is C.C.C.C.CC(C)(C)OC(=O)N1CC(N)C1.CC(C)(C)OC(=O)N1CC(NC(=O)c2cnc(N)c3nc(-c4cccc(F)c4)ccc23)C1.Nc1ncc(C(=O)NC2CNC2)c2ccc(-c3cccc(F)c3)nc12.Nc1ncc(C(=O)O)c2ccc(-c3cccc(F)c3)nc12.O=CC(F)(F)F. The summed E-state index contributed by atoms with van der Waals surface area (Å²) in [4.78, 5) is 97.0. The number of carbonyl (C=O) groups excluding carboxylic acids is 5. The van der Waals surface area contributed by atoms with E-state index in [-0.39, 0.29) is 112 Å². The minimum Gasteiger partial charge on any atom is -0.478 e. The average molecular weight is 1390 g/mol. The Labute approximate surface area is 574 Å². The zero-order valence-electron chi connectivity index (χ0n) is 52.5. The third kappa shape index (κ3) is 21.7. The van der Waals surface area contributed by atoms with E-state index in [1.165, 1.54) is 59.9 Å². The Kier molecular flexibility index (Phi) is 27.9. The summed E-state index contributed by atoms with van der Waals surface area (Å²) in [5.74, 6) is -2.19. The molecule has 3 fully saturated rings. The van der Waals surface area contributed by atoms with Crippen molar-refractivity contribution in [3.05, 3.63) is 162 Å². The van der Waals surface area contributed by atoms with Gasteiger partial charge in [-0.25, -0.2) is 57.5 Å². The average Bonchev–Trinajstić information content (AvgIpc) is 0.792. The van der Waals surface area contributed by atoms with Gasteiger partial charge in [-0.3, -0.25) is 14.4 Å². The van der Waals surface area contributed by atoms with Crippen molar-refractivity contribution in [3.8, 4) is 33.8 Å². The lowest BCUT2D eigenvalue weighted by molar-refractivity contribution is -0.156. The molecular weight excluding hydrogens is 1310 g/mol. The number of benzene rings is 3. The third-order valence-corrected chi connectivity index (χ3v) is 14.0. The van der Waals surface area contributed by atoms with Crippen LogP contribution in [-0.4, -0.2) is 156 Å². The summed E-state index contributed by atoms with van der Waals surface area (Å²) in [5, 5.41) is 19.6. The Balaban J connectivity index is 0.000000282. The van der Waals surface area contributed by atoms with Crippen molar-refractivity contribution in [1.29, 1.82) is 0 Å². The molecule has 0 saturated carbocycles. The topological polar surface area (TPSA) is 365 Å². The summed E-state index contributed by atoms with van der Waals surface area (Å²) >= 11 is 0. The molecule has 9 heterocycles. The second-order valence-electron chi connectivity index (χ2n) is 24.0. The van der Waals surface area contributed by atoms with Gasteiger partial charge in [-0.1, -0.05) is 66.1 Å². The van der Waals surface area contributed by atoms with Crippen molar-refractivity contribution in [1.82, 2.24) is 55.7 Å². The summed E-state index contributed by atoms with van der Waals surface area (Å²) in [6.07, 6.45) is -2.30. The highest BCUT2D eigenvalue weighted by Gasteiger charge is 2.36. The zero-order chi connectivity index (χ0) is 70.0. The Hall–Kier alpha value is -11.1. The molecular formula is C70H83F6N15O9. The van der Waals surface area contributed by atoms with Gasteiger partial charge >= 0.3 is 24.3 Å². The number of aromatic nitrogens is 6. The number of carbonyl (C=O) groups is 6. The lowest BCUT2D eigenvalue weighted by Gasteiger charge is -2.39. The second kappa shape index (κ2) is 34.4. The van der Waals surface area contributed by atoms with Gasteiger partial charge in [0.1, 0.15) is 62.7 Å². The maximum Gasteiger partial charge on any atom is 0.446 e. The van der Waals surface area contributed by atoms with E-state index in [1.54, 1.807) is 98.5 Å². The number of amides is 4. The number of aromatic carboxylic acids is 1. The normalized spacial score (nSPS) is 13.3. The van der Waals surface area contributed by atoms with Gasteiger partial charge in [-0.15, -0.1) is 0 Å². The number of nitrogens with zero attached hydrogens (tertiary/aromatic N) is 8. The molecule has 0 radical (unpaired) electrons. The molecule has 9 aromatic rings. The fourth-order valence-electron chi connectivity index (χ4n) is 9.32. The number of hydrogen-bond acceptors (Lipinski definition) is 19. The molecule has 4 amide bonds. The number of anilines is 3. The molecule has 0 atom stereocenters. The van der Waals surface area contributed by atoms with E-state index in [1.807, 2.05) is 20.8 Å².